The van der Waals surface area contributed by atoms with E-state index in [0.29, 0.717) is 5.44 Å². The third kappa shape index (κ3) is 5.57. The Morgan fingerprint density at radius 3 is 2.50 bits per heavy atom. The fraction of sp³-hybridized carbons (Fsp3) is 0.571. The van der Waals surface area contributed by atoms with E-state index in [4.69, 9.17) is 4.74 Å². The van der Waals surface area contributed by atoms with Crippen LogP contribution in [-0.2, 0) is 4.74 Å². The van der Waals surface area contributed by atoms with Crippen molar-refractivity contribution in [2.24, 2.45) is 0 Å². The van der Waals surface area contributed by atoms with Crippen LogP contribution >= 0.6 is 11.8 Å². The predicted molar refractivity (Wildman–Crippen MR) is 71.9 cm³/mol. The maximum atomic E-state index is 5.89. The number of hydrogen-bond donors (Lipinski definition) is 0. The molecule has 2 heteroatoms. The van der Waals surface area contributed by atoms with E-state index in [1.54, 1.807) is 0 Å². The molecule has 0 aliphatic rings. The molecule has 0 fully saturated rings. The smallest absolute Gasteiger partial charge is 0.107 e. The molecule has 0 bridgehead atoms. The van der Waals surface area contributed by atoms with Crippen molar-refractivity contribution < 1.29 is 4.74 Å². The van der Waals surface area contributed by atoms with Crippen molar-refractivity contribution in [1.29, 1.82) is 0 Å². The summed E-state index contributed by atoms with van der Waals surface area (Å²) in [4.78, 5) is 1.30. The van der Waals surface area contributed by atoms with E-state index < -0.39 is 0 Å². The van der Waals surface area contributed by atoms with Crippen molar-refractivity contribution in [1.82, 2.24) is 0 Å². The zero-order valence-electron chi connectivity index (χ0n) is 10.3. The van der Waals surface area contributed by atoms with Crippen molar-refractivity contribution in [2.75, 3.05) is 6.61 Å². The normalized spacial score (nSPS) is 12.6. The standard InChI is InChI=1S/C14H22OS/c1-3-5-12-15-14(9-4-2)16-13-10-7-6-8-11-13/h6-8,10-11,14H,3-5,9,12H2,1-2H3. The van der Waals surface area contributed by atoms with E-state index in [0.717, 1.165) is 19.4 Å². The molecule has 0 amide bonds. The zero-order valence-corrected chi connectivity index (χ0v) is 11.1. The topological polar surface area (TPSA) is 9.23 Å². The molecule has 0 saturated carbocycles. The number of benzene rings is 1. The van der Waals surface area contributed by atoms with E-state index in [9.17, 15) is 0 Å². The molecule has 0 saturated heterocycles. The van der Waals surface area contributed by atoms with Crippen molar-refractivity contribution in [2.45, 2.75) is 49.9 Å². The van der Waals surface area contributed by atoms with Gasteiger partial charge in [-0.1, -0.05) is 56.7 Å². The molecule has 1 atom stereocenters. The number of unbranched alkanes of at least 4 members (excludes halogenated alkanes) is 1. The van der Waals surface area contributed by atoms with Crippen LogP contribution in [0.1, 0.15) is 39.5 Å². The fourth-order valence-electron chi connectivity index (χ4n) is 1.42. The van der Waals surface area contributed by atoms with Crippen molar-refractivity contribution in [3.8, 4) is 0 Å². The second kappa shape index (κ2) is 8.66. The van der Waals surface area contributed by atoms with Crippen LogP contribution in [0.5, 0.6) is 0 Å². The molecule has 16 heavy (non-hydrogen) atoms. The Morgan fingerprint density at radius 2 is 1.88 bits per heavy atom. The van der Waals surface area contributed by atoms with Crippen LogP contribution in [0.3, 0.4) is 0 Å². The Morgan fingerprint density at radius 1 is 1.12 bits per heavy atom. The van der Waals surface area contributed by atoms with Crippen LogP contribution in [0.2, 0.25) is 0 Å². The van der Waals surface area contributed by atoms with Gasteiger partial charge in [-0.15, -0.1) is 0 Å². The summed E-state index contributed by atoms with van der Waals surface area (Å²) in [5.74, 6) is 0. The fourth-order valence-corrected chi connectivity index (χ4v) is 2.56. The number of hydrogen-bond acceptors (Lipinski definition) is 2. The SMILES string of the molecule is CCCCOC(CCC)Sc1ccccc1. The highest BCUT2D eigenvalue weighted by Crippen LogP contribution is 2.26. The molecular formula is C14H22OS. The average Bonchev–Trinajstić information content (AvgIpc) is 2.31. The summed E-state index contributed by atoms with van der Waals surface area (Å²) < 4.78 is 5.89. The van der Waals surface area contributed by atoms with E-state index in [2.05, 4.69) is 44.2 Å². The molecule has 1 aromatic rings. The first kappa shape index (κ1) is 13.6. The van der Waals surface area contributed by atoms with Gasteiger partial charge in [-0.2, -0.15) is 0 Å². The summed E-state index contributed by atoms with van der Waals surface area (Å²) >= 11 is 1.84. The molecule has 0 heterocycles. The van der Waals surface area contributed by atoms with Crippen molar-refractivity contribution >= 4 is 11.8 Å². The van der Waals surface area contributed by atoms with Gasteiger partial charge in [0.1, 0.15) is 5.44 Å². The van der Waals surface area contributed by atoms with E-state index >= 15 is 0 Å². The molecule has 0 radical (unpaired) electrons. The monoisotopic (exact) mass is 238 g/mol. The Bertz CT molecular complexity index is 261. The highest BCUT2D eigenvalue weighted by molar-refractivity contribution is 7.99. The van der Waals surface area contributed by atoms with Crippen molar-refractivity contribution in [3.63, 3.8) is 0 Å². The summed E-state index contributed by atoms with van der Waals surface area (Å²) in [6.07, 6.45) is 4.67. The third-order valence-electron chi connectivity index (χ3n) is 2.34. The lowest BCUT2D eigenvalue weighted by Crippen LogP contribution is -2.09. The second-order valence-electron chi connectivity index (χ2n) is 3.87. The van der Waals surface area contributed by atoms with Crippen LogP contribution in [0.25, 0.3) is 0 Å². The molecule has 0 aliphatic carbocycles. The highest BCUT2D eigenvalue weighted by Gasteiger charge is 2.09. The minimum absolute atomic E-state index is 0.318. The van der Waals surface area contributed by atoms with Gasteiger partial charge >= 0.3 is 0 Å². The largest absolute Gasteiger partial charge is 0.367 e. The number of rotatable bonds is 8. The summed E-state index contributed by atoms with van der Waals surface area (Å²) in [6, 6.07) is 10.5. The van der Waals surface area contributed by atoms with Gasteiger partial charge in [0.25, 0.3) is 0 Å². The van der Waals surface area contributed by atoms with E-state index in [-0.39, 0.29) is 0 Å². The third-order valence-corrected chi connectivity index (χ3v) is 3.52. The van der Waals surface area contributed by atoms with E-state index in [1.165, 1.54) is 17.7 Å². The van der Waals surface area contributed by atoms with Crippen LogP contribution in [0, 0.1) is 0 Å². The van der Waals surface area contributed by atoms with Gasteiger partial charge in [-0.05, 0) is 25.0 Å². The van der Waals surface area contributed by atoms with Gasteiger partial charge in [-0.25, -0.2) is 0 Å². The summed E-state index contributed by atoms with van der Waals surface area (Å²) in [6.45, 7) is 5.30. The Kier molecular flexibility index (Phi) is 7.35. The van der Waals surface area contributed by atoms with E-state index in [1.807, 2.05) is 11.8 Å². The van der Waals surface area contributed by atoms with Crippen LogP contribution in [0.4, 0.5) is 0 Å². The number of ether oxygens (including phenoxy) is 1. The first-order chi connectivity index (χ1) is 7.86. The van der Waals surface area contributed by atoms with Crippen LogP contribution in [0.15, 0.2) is 35.2 Å². The summed E-state index contributed by atoms with van der Waals surface area (Å²) in [5, 5.41) is 0. The molecule has 0 N–H and O–H groups in total. The molecular weight excluding hydrogens is 216 g/mol. The van der Waals surface area contributed by atoms with Crippen LogP contribution in [-0.4, -0.2) is 12.0 Å². The minimum Gasteiger partial charge on any atom is -0.367 e. The number of thioether (sulfide) groups is 1. The zero-order chi connectivity index (χ0) is 11.6. The molecule has 1 aromatic carbocycles. The lowest BCUT2D eigenvalue weighted by Gasteiger charge is -2.16. The summed E-state index contributed by atoms with van der Waals surface area (Å²) in [7, 11) is 0. The Labute approximate surface area is 104 Å². The van der Waals surface area contributed by atoms with Crippen molar-refractivity contribution in [3.05, 3.63) is 30.3 Å². The lowest BCUT2D eigenvalue weighted by atomic mass is 10.3. The molecule has 90 valence electrons. The predicted octanol–water partition coefficient (Wildman–Crippen LogP) is 4.72. The molecule has 0 spiro atoms. The maximum Gasteiger partial charge on any atom is 0.107 e. The first-order valence-electron chi connectivity index (χ1n) is 6.20. The Hall–Kier alpha value is -0.470. The van der Waals surface area contributed by atoms with Crippen LogP contribution < -0.4 is 0 Å². The molecule has 0 aliphatic heterocycles. The molecule has 1 unspecified atom stereocenters. The minimum atomic E-state index is 0.318. The van der Waals surface area contributed by atoms with Gasteiger partial charge in [0.15, 0.2) is 0 Å². The molecule has 1 nitrogen and oxygen atoms in total. The quantitative estimate of drug-likeness (QED) is 0.368. The maximum absolute atomic E-state index is 5.89. The van der Waals surface area contributed by atoms with Gasteiger partial charge < -0.3 is 4.74 Å². The lowest BCUT2D eigenvalue weighted by molar-refractivity contribution is 0.104. The second-order valence-corrected chi connectivity index (χ2v) is 5.11. The summed E-state index contributed by atoms with van der Waals surface area (Å²) in [5.41, 5.74) is 0.318. The van der Waals surface area contributed by atoms with Gasteiger partial charge in [0.2, 0.25) is 0 Å². The van der Waals surface area contributed by atoms with Gasteiger partial charge in [-0.3, -0.25) is 0 Å². The highest BCUT2D eigenvalue weighted by atomic mass is 32.2. The molecule has 0 aromatic heterocycles. The first-order valence-corrected chi connectivity index (χ1v) is 7.08. The molecule has 1 rings (SSSR count). The Balaban J connectivity index is 2.38. The van der Waals surface area contributed by atoms with Gasteiger partial charge in [0.05, 0.1) is 0 Å². The average molecular weight is 238 g/mol. The van der Waals surface area contributed by atoms with Gasteiger partial charge in [0, 0.05) is 11.5 Å².